The van der Waals surface area contributed by atoms with Crippen molar-refractivity contribution in [2.45, 2.75) is 17.7 Å². The Hall–Kier alpha value is -2.83. The van der Waals surface area contributed by atoms with Crippen molar-refractivity contribution in [3.8, 4) is 0 Å². The summed E-state index contributed by atoms with van der Waals surface area (Å²) in [7, 11) is 0. The van der Waals surface area contributed by atoms with Gasteiger partial charge in [0.15, 0.2) is 0 Å². The highest BCUT2D eigenvalue weighted by Gasteiger charge is 2.34. The molecule has 2 amide bonds. The molecular formula is C24H20ClFN2O2S. The minimum atomic E-state index is -0.796. The zero-order chi connectivity index (χ0) is 22.0. The van der Waals surface area contributed by atoms with Gasteiger partial charge in [-0.25, -0.2) is 4.39 Å². The van der Waals surface area contributed by atoms with Gasteiger partial charge in [0, 0.05) is 11.4 Å². The third kappa shape index (κ3) is 4.60. The van der Waals surface area contributed by atoms with Crippen LogP contribution in [0.3, 0.4) is 0 Å². The molecule has 0 unspecified atom stereocenters. The number of aryl methyl sites for hydroxylation is 1. The summed E-state index contributed by atoms with van der Waals surface area (Å²) in [6.07, 6.45) is 0. The van der Waals surface area contributed by atoms with Crippen molar-refractivity contribution in [1.29, 1.82) is 0 Å². The van der Waals surface area contributed by atoms with Gasteiger partial charge in [-0.05, 0) is 47.9 Å². The Morgan fingerprint density at radius 3 is 2.52 bits per heavy atom. The molecule has 0 aliphatic carbocycles. The van der Waals surface area contributed by atoms with Crippen LogP contribution in [0.15, 0.2) is 72.8 Å². The normalized spacial score (nSPS) is 16.9. The SMILES string of the molecule is Cc1ccc(N2C(=O)CS[C@@H]2c2ccc(NC(=O)[C@@H](Cl)c3ccccc3)cc2)cc1F. The predicted molar refractivity (Wildman–Crippen MR) is 124 cm³/mol. The lowest BCUT2D eigenvalue weighted by Gasteiger charge is -2.25. The average molecular weight is 455 g/mol. The number of carbonyl (C=O) groups excluding carboxylic acids is 2. The molecule has 3 aromatic rings. The van der Waals surface area contributed by atoms with Crippen LogP contribution in [-0.2, 0) is 9.59 Å². The number of carbonyl (C=O) groups is 2. The maximum absolute atomic E-state index is 14.1. The number of anilines is 2. The fourth-order valence-corrected chi connectivity index (χ4v) is 4.77. The van der Waals surface area contributed by atoms with Crippen molar-refractivity contribution in [2.75, 3.05) is 16.0 Å². The van der Waals surface area contributed by atoms with E-state index in [4.69, 9.17) is 11.6 Å². The van der Waals surface area contributed by atoms with Gasteiger partial charge in [-0.2, -0.15) is 0 Å². The van der Waals surface area contributed by atoms with Crippen LogP contribution in [0.1, 0.15) is 27.4 Å². The van der Waals surface area contributed by atoms with Crippen molar-refractivity contribution < 1.29 is 14.0 Å². The number of rotatable bonds is 5. The molecule has 1 heterocycles. The Morgan fingerprint density at radius 1 is 1.13 bits per heavy atom. The Labute approximate surface area is 189 Å². The minimum absolute atomic E-state index is 0.0662. The van der Waals surface area contributed by atoms with Gasteiger partial charge in [0.05, 0.1) is 5.75 Å². The molecule has 1 saturated heterocycles. The van der Waals surface area contributed by atoms with E-state index in [9.17, 15) is 14.0 Å². The summed E-state index contributed by atoms with van der Waals surface area (Å²) in [4.78, 5) is 26.6. The van der Waals surface area contributed by atoms with Crippen molar-refractivity contribution >= 4 is 46.6 Å². The molecule has 7 heteroatoms. The van der Waals surface area contributed by atoms with Crippen LogP contribution in [0, 0.1) is 12.7 Å². The number of benzene rings is 3. The van der Waals surface area contributed by atoms with E-state index >= 15 is 0 Å². The Kier molecular flexibility index (Phi) is 6.30. The van der Waals surface area contributed by atoms with Crippen LogP contribution in [0.5, 0.6) is 0 Å². The molecule has 4 nitrogen and oxygen atoms in total. The monoisotopic (exact) mass is 454 g/mol. The second-order valence-electron chi connectivity index (χ2n) is 7.25. The van der Waals surface area contributed by atoms with Gasteiger partial charge < -0.3 is 5.32 Å². The van der Waals surface area contributed by atoms with Crippen LogP contribution in [0.2, 0.25) is 0 Å². The lowest BCUT2D eigenvalue weighted by atomic mass is 10.1. The zero-order valence-corrected chi connectivity index (χ0v) is 18.3. The number of hydrogen-bond donors (Lipinski definition) is 1. The van der Waals surface area contributed by atoms with Gasteiger partial charge in [0.1, 0.15) is 16.6 Å². The molecule has 31 heavy (non-hydrogen) atoms. The van der Waals surface area contributed by atoms with Crippen molar-refractivity contribution in [1.82, 2.24) is 0 Å². The molecule has 1 fully saturated rings. The summed E-state index contributed by atoms with van der Waals surface area (Å²) >= 11 is 7.76. The highest BCUT2D eigenvalue weighted by Crippen LogP contribution is 2.42. The van der Waals surface area contributed by atoms with Crippen molar-refractivity contribution in [3.05, 3.63) is 95.3 Å². The van der Waals surface area contributed by atoms with Gasteiger partial charge in [-0.1, -0.05) is 48.5 Å². The third-order valence-corrected chi connectivity index (χ3v) is 6.75. The number of alkyl halides is 1. The second kappa shape index (κ2) is 9.12. The van der Waals surface area contributed by atoms with E-state index in [-0.39, 0.29) is 23.0 Å². The van der Waals surface area contributed by atoms with Crippen LogP contribution >= 0.6 is 23.4 Å². The predicted octanol–water partition coefficient (Wildman–Crippen LogP) is 5.83. The molecule has 158 valence electrons. The van der Waals surface area contributed by atoms with Gasteiger partial charge in [-0.3, -0.25) is 14.5 Å². The molecule has 0 bridgehead atoms. The number of nitrogens with zero attached hydrogens (tertiary/aromatic N) is 1. The lowest BCUT2D eigenvalue weighted by molar-refractivity contribution is -0.116. The van der Waals surface area contributed by atoms with Crippen LogP contribution in [-0.4, -0.2) is 17.6 Å². The van der Waals surface area contributed by atoms with Crippen LogP contribution in [0.4, 0.5) is 15.8 Å². The number of thioether (sulfide) groups is 1. The summed E-state index contributed by atoms with van der Waals surface area (Å²) in [6, 6.07) is 21.2. The first-order valence-electron chi connectivity index (χ1n) is 9.73. The molecule has 1 N–H and O–H groups in total. The number of hydrogen-bond acceptors (Lipinski definition) is 3. The third-order valence-electron chi connectivity index (χ3n) is 5.09. The van der Waals surface area contributed by atoms with E-state index in [0.29, 0.717) is 22.7 Å². The standard InChI is InChI=1S/C24H20ClFN2O2S/c1-15-7-12-19(13-20(15)26)28-21(29)14-31-24(28)17-8-10-18(11-9-17)27-23(30)22(25)16-5-3-2-4-6-16/h2-13,22,24H,14H2,1H3,(H,27,30)/t22-,24+/m0/s1. The van der Waals surface area contributed by atoms with E-state index in [1.165, 1.54) is 17.8 Å². The first-order chi connectivity index (χ1) is 14.9. The quantitative estimate of drug-likeness (QED) is 0.493. The number of nitrogens with one attached hydrogen (secondary N) is 1. The highest BCUT2D eigenvalue weighted by molar-refractivity contribution is 8.00. The molecule has 0 saturated carbocycles. The smallest absolute Gasteiger partial charge is 0.246 e. The second-order valence-corrected chi connectivity index (χ2v) is 8.75. The maximum Gasteiger partial charge on any atom is 0.246 e. The van der Waals surface area contributed by atoms with E-state index in [1.54, 1.807) is 48.2 Å². The average Bonchev–Trinajstić information content (AvgIpc) is 3.17. The van der Waals surface area contributed by atoms with E-state index in [1.807, 2.05) is 30.3 Å². The Morgan fingerprint density at radius 2 is 1.84 bits per heavy atom. The van der Waals surface area contributed by atoms with Crippen molar-refractivity contribution in [2.24, 2.45) is 0 Å². The molecule has 2 atom stereocenters. The van der Waals surface area contributed by atoms with Crippen LogP contribution in [0.25, 0.3) is 0 Å². The summed E-state index contributed by atoms with van der Waals surface area (Å²) < 4.78 is 14.1. The summed E-state index contributed by atoms with van der Waals surface area (Å²) in [5.74, 6) is -0.400. The molecule has 0 radical (unpaired) electrons. The molecule has 0 aromatic heterocycles. The Balaban J connectivity index is 1.50. The summed E-state index contributed by atoms with van der Waals surface area (Å²) in [5, 5.41) is 1.76. The first-order valence-corrected chi connectivity index (χ1v) is 11.2. The number of amides is 2. The van der Waals surface area contributed by atoms with Crippen LogP contribution < -0.4 is 10.2 Å². The maximum atomic E-state index is 14.1. The molecule has 3 aromatic carbocycles. The highest BCUT2D eigenvalue weighted by atomic mass is 35.5. The molecule has 1 aliphatic rings. The fraction of sp³-hybridized carbons (Fsp3) is 0.167. The largest absolute Gasteiger partial charge is 0.325 e. The molecule has 1 aliphatic heterocycles. The Bertz CT molecular complexity index is 1110. The van der Waals surface area contributed by atoms with Gasteiger partial charge in [-0.15, -0.1) is 23.4 Å². The first kappa shape index (κ1) is 21.4. The molecule has 4 rings (SSSR count). The number of halogens is 2. The fourth-order valence-electron chi connectivity index (χ4n) is 3.39. The topological polar surface area (TPSA) is 49.4 Å². The lowest BCUT2D eigenvalue weighted by Crippen LogP contribution is -2.28. The van der Waals surface area contributed by atoms with Gasteiger partial charge in [0.25, 0.3) is 0 Å². The van der Waals surface area contributed by atoms with E-state index in [2.05, 4.69) is 5.32 Å². The summed E-state index contributed by atoms with van der Waals surface area (Å²) in [6.45, 7) is 1.69. The van der Waals surface area contributed by atoms with E-state index < -0.39 is 5.38 Å². The van der Waals surface area contributed by atoms with Gasteiger partial charge in [0.2, 0.25) is 11.8 Å². The van der Waals surface area contributed by atoms with Gasteiger partial charge >= 0.3 is 0 Å². The minimum Gasteiger partial charge on any atom is -0.325 e. The molecule has 0 spiro atoms. The van der Waals surface area contributed by atoms with E-state index in [0.717, 1.165) is 11.1 Å². The zero-order valence-electron chi connectivity index (χ0n) is 16.7. The van der Waals surface area contributed by atoms with Crippen molar-refractivity contribution in [3.63, 3.8) is 0 Å². The molecular weight excluding hydrogens is 435 g/mol. The summed E-state index contributed by atoms with van der Waals surface area (Å²) in [5.41, 5.74) is 3.29.